The van der Waals surface area contributed by atoms with Crippen LogP contribution < -0.4 is 5.32 Å². The monoisotopic (exact) mass is 332 g/mol. The molecule has 1 N–H and O–H groups in total. The van der Waals surface area contributed by atoms with Gasteiger partial charge in [0.1, 0.15) is 6.10 Å². The SMILES string of the molecule is CC1CN(C(=O)c2cccc(NC(=O)C3CCCO3)c2)CC(C)O1. The van der Waals surface area contributed by atoms with Gasteiger partial charge in [0.25, 0.3) is 11.8 Å². The molecule has 1 aromatic rings. The van der Waals surface area contributed by atoms with E-state index in [4.69, 9.17) is 9.47 Å². The van der Waals surface area contributed by atoms with E-state index in [9.17, 15) is 9.59 Å². The van der Waals surface area contributed by atoms with E-state index in [1.807, 2.05) is 13.8 Å². The van der Waals surface area contributed by atoms with Crippen molar-refractivity contribution >= 4 is 17.5 Å². The number of ether oxygens (including phenoxy) is 2. The van der Waals surface area contributed by atoms with Gasteiger partial charge in [-0.25, -0.2) is 0 Å². The van der Waals surface area contributed by atoms with E-state index in [2.05, 4.69) is 5.32 Å². The molecule has 2 amide bonds. The standard InChI is InChI=1S/C18H24N2O4/c1-12-10-20(11-13(2)24-12)18(22)14-5-3-6-15(9-14)19-17(21)16-7-4-8-23-16/h3,5-6,9,12-13,16H,4,7-8,10-11H2,1-2H3,(H,19,21). The summed E-state index contributed by atoms with van der Waals surface area (Å²) in [6, 6.07) is 7.06. The van der Waals surface area contributed by atoms with Crippen molar-refractivity contribution < 1.29 is 19.1 Å². The van der Waals surface area contributed by atoms with Crippen molar-refractivity contribution in [3.8, 4) is 0 Å². The van der Waals surface area contributed by atoms with Gasteiger partial charge >= 0.3 is 0 Å². The Bertz CT molecular complexity index is 603. The molecule has 2 fully saturated rings. The van der Waals surface area contributed by atoms with E-state index in [-0.39, 0.29) is 30.1 Å². The highest BCUT2D eigenvalue weighted by molar-refractivity contribution is 5.98. The Kier molecular flexibility index (Phi) is 5.16. The molecule has 0 spiro atoms. The maximum atomic E-state index is 12.7. The van der Waals surface area contributed by atoms with Crippen LogP contribution in [0.1, 0.15) is 37.0 Å². The van der Waals surface area contributed by atoms with Crippen LogP contribution in [0.4, 0.5) is 5.69 Å². The van der Waals surface area contributed by atoms with Crippen LogP contribution in [0.3, 0.4) is 0 Å². The molecule has 6 heteroatoms. The zero-order valence-electron chi connectivity index (χ0n) is 14.2. The van der Waals surface area contributed by atoms with Crippen molar-refractivity contribution in [1.29, 1.82) is 0 Å². The van der Waals surface area contributed by atoms with E-state index in [0.717, 1.165) is 12.8 Å². The molecular weight excluding hydrogens is 308 g/mol. The summed E-state index contributed by atoms with van der Waals surface area (Å²) < 4.78 is 11.1. The summed E-state index contributed by atoms with van der Waals surface area (Å²) in [5.41, 5.74) is 1.19. The number of morpholine rings is 1. The van der Waals surface area contributed by atoms with Crippen molar-refractivity contribution in [3.63, 3.8) is 0 Å². The Balaban J connectivity index is 1.68. The number of hydrogen-bond acceptors (Lipinski definition) is 4. The van der Waals surface area contributed by atoms with Crippen LogP contribution in [0.15, 0.2) is 24.3 Å². The molecule has 3 unspecified atom stereocenters. The first kappa shape index (κ1) is 16.9. The Morgan fingerprint density at radius 3 is 2.62 bits per heavy atom. The van der Waals surface area contributed by atoms with Crippen molar-refractivity contribution in [1.82, 2.24) is 4.90 Å². The predicted octanol–water partition coefficient (Wildman–Crippen LogP) is 2.05. The number of carbonyl (C=O) groups is 2. The van der Waals surface area contributed by atoms with E-state index in [0.29, 0.717) is 30.9 Å². The molecule has 130 valence electrons. The fourth-order valence-corrected chi connectivity index (χ4v) is 3.26. The molecule has 24 heavy (non-hydrogen) atoms. The molecule has 0 saturated carbocycles. The fourth-order valence-electron chi connectivity index (χ4n) is 3.26. The number of nitrogens with zero attached hydrogens (tertiary/aromatic N) is 1. The largest absolute Gasteiger partial charge is 0.372 e. The molecule has 0 aromatic heterocycles. The van der Waals surface area contributed by atoms with Gasteiger partial charge in [-0.3, -0.25) is 9.59 Å². The highest BCUT2D eigenvalue weighted by Crippen LogP contribution is 2.19. The van der Waals surface area contributed by atoms with Gasteiger partial charge < -0.3 is 19.7 Å². The molecular formula is C18H24N2O4. The van der Waals surface area contributed by atoms with Crippen LogP contribution in [0, 0.1) is 0 Å². The fraction of sp³-hybridized carbons (Fsp3) is 0.556. The lowest BCUT2D eigenvalue weighted by atomic mass is 10.1. The average Bonchev–Trinajstić information content (AvgIpc) is 3.08. The molecule has 0 bridgehead atoms. The summed E-state index contributed by atoms with van der Waals surface area (Å²) in [7, 11) is 0. The quantitative estimate of drug-likeness (QED) is 0.920. The molecule has 1 aromatic carbocycles. The van der Waals surface area contributed by atoms with Crippen LogP contribution in [0.5, 0.6) is 0 Å². The zero-order chi connectivity index (χ0) is 17.1. The lowest BCUT2D eigenvalue weighted by Crippen LogP contribution is -2.48. The van der Waals surface area contributed by atoms with Gasteiger partial charge in [0.15, 0.2) is 0 Å². The summed E-state index contributed by atoms with van der Waals surface area (Å²) in [6.45, 7) is 5.72. The Hall–Kier alpha value is -1.92. The van der Waals surface area contributed by atoms with E-state index in [1.165, 1.54) is 0 Å². The van der Waals surface area contributed by atoms with Gasteiger partial charge in [0, 0.05) is 30.9 Å². The minimum atomic E-state index is -0.384. The van der Waals surface area contributed by atoms with Crippen molar-refractivity contribution in [2.75, 3.05) is 25.0 Å². The van der Waals surface area contributed by atoms with Crippen molar-refractivity contribution in [2.24, 2.45) is 0 Å². The molecule has 3 atom stereocenters. The van der Waals surface area contributed by atoms with Crippen molar-refractivity contribution in [3.05, 3.63) is 29.8 Å². The number of rotatable bonds is 3. The van der Waals surface area contributed by atoms with Gasteiger partial charge in [-0.05, 0) is 44.9 Å². The molecule has 2 saturated heterocycles. The summed E-state index contributed by atoms with van der Waals surface area (Å²) >= 11 is 0. The van der Waals surface area contributed by atoms with Crippen LogP contribution in [-0.2, 0) is 14.3 Å². The van der Waals surface area contributed by atoms with Gasteiger partial charge in [-0.15, -0.1) is 0 Å². The number of benzene rings is 1. The molecule has 0 aliphatic carbocycles. The van der Waals surface area contributed by atoms with Gasteiger partial charge in [0.05, 0.1) is 12.2 Å². The highest BCUT2D eigenvalue weighted by atomic mass is 16.5. The highest BCUT2D eigenvalue weighted by Gasteiger charge is 2.27. The Morgan fingerprint density at radius 2 is 1.96 bits per heavy atom. The first-order valence-electron chi connectivity index (χ1n) is 8.50. The third-order valence-electron chi connectivity index (χ3n) is 4.31. The summed E-state index contributed by atoms with van der Waals surface area (Å²) in [4.78, 5) is 26.7. The van der Waals surface area contributed by atoms with Crippen LogP contribution in [0.25, 0.3) is 0 Å². The van der Waals surface area contributed by atoms with Crippen LogP contribution in [0.2, 0.25) is 0 Å². The summed E-state index contributed by atoms with van der Waals surface area (Å²) in [5.74, 6) is -0.184. The van der Waals surface area contributed by atoms with E-state index >= 15 is 0 Å². The summed E-state index contributed by atoms with van der Waals surface area (Å²) in [5, 5.41) is 2.84. The first-order chi connectivity index (χ1) is 11.5. The number of anilines is 1. The first-order valence-corrected chi connectivity index (χ1v) is 8.50. The average molecular weight is 332 g/mol. The third kappa shape index (κ3) is 3.94. The second kappa shape index (κ2) is 7.32. The van der Waals surface area contributed by atoms with Crippen LogP contribution in [-0.4, -0.2) is 54.7 Å². The molecule has 2 aliphatic heterocycles. The second-order valence-electron chi connectivity index (χ2n) is 6.54. The Morgan fingerprint density at radius 1 is 1.21 bits per heavy atom. The summed E-state index contributed by atoms with van der Waals surface area (Å²) in [6.07, 6.45) is 1.32. The zero-order valence-corrected chi connectivity index (χ0v) is 14.2. The normalized spacial score (nSPS) is 27.1. The maximum absolute atomic E-state index is 12.7. The predicted molar refractivity (Wildman–Crippen MR) is 90.0 cm³/mol. The lowest BCUT2D eigenvalue weighted by molar-refractivity contribution is -0.124. The maximum Gasteiger partial charge on any atom is 0.254 e. The Labute approximate surface area is 142 Å². The number of carbonyl (C=O) groups excluding carboxylic acids is 2. The minimum Gasteiger partial charge on any atom is -0.372 e. The molecule has 6 nitrogen and oxygen atoms in total. The molecule has 0 radical (unpaired) electrons. The number of nitrogens with one attached hydrogen (secondary N) is 1. The van der Waals surface area contributed by atoms with Crippen molar-refractivity contribution in [2.45, 2.75) is 45.0 Å². The minimum absolute atomic E-state index is 0.0279. The number of hydrogen-bond donors (Lipinski definition) is 1. The van der Waals surface area contributed by atoms with Gasteiger partial charge in [-0.1, -0.05) is 6.07 Å². The van der Waals surface area contributed by atoms with E-state index < -0.39 is 0 Å². The second-order valence-corrected chi connectivity index (χ2v) is 6.54. The van der Waals surface area contributed by atoms with Gasteiger partial charge in [-0.2, -0.15) is 0 Å². The lowest BCUT2D eigenvalue weighted by Gasteiger charge is -2.35. The smallest absolute Gasteiger partial charge is 0.254 e. The topological polar surface area (TPSA) is 67.9 Å². The molecule has 2 aliphatic rings. The van der Waals surface area contributed by atoms with Crippen LogP contribution >= 0.6 is 0 Å². The third-order valence-corrected chi connectivity index (χ3v) is 4.31. The molecule has 3 rings (SSSR count). The number of amides is 2. The van der Waals surface area contributed by atoms with Gasteiger partial charge in [0.2, 0.25) is 0 Å². The molecule has 2 heterocycles. The van der Waals surface area contributed by atoms with E-state index in [1.54, 1.807) is 29.2 Å².